The Hall–Kier alpha value is -2.08. The Kier molecular flexibility index (Phi) is 7.87. The summed E-state index contributed by atoms with van der Waals surface area (Å²) in [4.78, 5) is 23.2. The van der Waals surface area contributed by atoms with E-state index in [0.29, 0.717) is 17.1 Å². The van der Waals surface area contributed by atoms with Gasteiger partial charge in [0.1, 0.15) is 5.75 Å². The molecule has 1 aliphatic carbocycles. The highest BCUT2D eigenvalue weighted by molar-refractivity contribution is 5.77. The zero-order valence-corrected chi connectivity index (χ0v) is 17.4. The van der Waals surface area contributed by atoms with E-state index in [1.54, 1.807) is 24.3 Å². The van der Waals surface area contributed by atoms with E-state index in [0.717, 1.165) is 31.2 Å². The second kappa shape index (κ2) is 9.92. The first kappa shape index (κ1) is 22.2. The highest BCUT2D eigenvalue weighted by atomic mass is 16.5. The van der Waals surface area contributed by atoms with Crippen molar-refractivity contribution in [2.24, 2.45) is 11.3 Å². The molecule has 1 aromatic carbocycles. The summed E-state index contributed by atoms with van der Waals surface area (Å²) >= 11 is 0. The minimum atomic E-state index is -0.990. The Morgan fingerprint density at radius 2 is 1.75 bits per heavy atom. The number of methoxy groups -OCH3 is 1. The van der Waals surface area contributed by atoms with Gasteiger partial charge in [0.2, 0.25) is 0 Å². The maximum atomic E-state index is 12.2. The van der Waals surface area contributed by atoms with Crippen LogP contribution in [0.4, 0.5) is 0 Å². The molecule has 0 radical (unpaired) electrons. The number of ether oxygens (including phenoxy) is 2. The molecule has 0 aliphatic heterocycles. The van der Waals surface area contributed by atoms with E-state index in [9.17, 15) is 9.59 Å². The van der Waals surface area contributed by atoms with Crippen LogP contribution in [0, 0.1) is 11.3 Å². The van der Waals surface area contributed by atoms with Crippen LogP contribution in [0.2, 0.25) is 0 Å². The smallest absolute Gasteiger partial charge is 0.333 e. The first-order chi connectivity index (χ1) is 13.2. The van der Waals surface area contributed by atoms with Crippen molar-refractivity contribution in [3.05, 3.63) is 29.8 Å². The second-order valence-electron chi connectivity index (χ2n) is 8.68. The van der Waals surface area contributed by atoms with Crippen LogP contribution in [0.5, 0.6) is 5.75 Å². The van der Waals surface area contributed by atoms with Crippen LogP contribution in [-0.2, 0) is 20.7 Å². The van der Waals surface area contributed by atoms with Gasteiger partial charge in [0, 0.05) is 19.6 Å². The molecule has 2 N–H and O–H groups in total. The van der Waals surface area contributed by atoms with Crippen LogP contribution in [0.15, 0.2) is 24.3 Å². The third-order valence-corrected chi connectivity index (χ3v) is 5.59. The Labute approximate surface area is 167 Å². The molecule has 1 amide bonds. The van der Waals surface area contributed by atoms with Gasteiger partial charge in [0.15, 0.2) is 12.7 Å². The van der Waals surface area contributed by atoms with E-state index in [-0.39, 0.29) is 25.0 Å². The van der Waals surface area contributed by atoms with Gasteiger partial charge in [-0.3, -0.25) is 4.79 Å². The van der Waals surface area contributed by atoms with Gasteiger partial charge in [-0.2, -0.15) is 0 Å². The van der Waals surface area contributed by atoms with Gasteiger partial charge in [0.05, 0.1) is 0 Å². The van der Waals surface area contributed by atoms with Crippen molar-refractivity contribution in [1.82, 2.24) is 5.32 Å². The van der Waals surface area contributed by atoms with Crippen LogP contribution in [0.3, 0.4) is 0 Å². The minimum absolute atomic E-state index is 0.0195. The van der Waals surface area contributed by atoms with Crippen LogP contribution < -0.4 is 10.1 Å². The molecule has 1 aromatic rings. The number of carboxylic acids is 1. The molecule has 0 saturated heterocycles. The average molecular weight is 392 g/mol. The molecule has 6 nitrogen and oxygen atoms in total. The van der Waals surface area contributed by atoms with E-state index in [4.69, 9.17) is 14.6 Å². The molecule has 1 atom stereocenters. The molecular formula is C22H33NO5. The Morgan fingerprint density at radius 1 is 1.14 bits per heavy atom. The van der Waals surface area contributed by atoms with Crippen LogP contribution in [0.25, 0.3) is 0 Å². The van der Waals surface area contributed by atoms with Gasteiger partial charge < -0.3 is 19.9 Å². The zero-order chi connectivity index (χ0) is 20.7. The molecule has 1 saturated carbocycles. The maximum Gasteiger partial charge on any atom is 0.333 e. The molecule has 1 fully saturated rings. The third-order valence-electron chi connectivity index (χ3n) is 5.59. The van der Waals surface area contributed by atoms with E-state index < -0.39 is 12.1 Å². The first-order valence-corrected chi connectivity index (χ1v) is 9.95. The van der Waals surface area contributed by atoms with Crippen molar-refractivity contribution in [3.63, 3.8) is 0 Å². The monoisotopic (exact) mass is 391 g/mol. The number of carbonyl (C=O) groups excluding carboxylic acids is 1. The predicted octanol–water partition coefficient (Wildman–Crippen LogP) is 3.43. The summed E-state index contributed by atoms with van der Waals surface area (Å²) in [5, 5.41) is 12.1. The lowest BCUT2D eigenvalue weighted by molar-refractivity contribution is -0.148. The number of benzene rings is 1. The van der Waals surface area contributed by atoms with Crippen LogP contribution in [0.1, 0.15) is 52.0 Å². The quantitative estimate of drug-likeness (QED) is 0.709. The van der Waals surface area contributed by atoms with Crippen molar-refractivity contribution in [2.75, 3.05) is 13.7 Å². The molecule has 2 rings (SSSR count). The fourth-order valence-corrected chi connectivity index (χ4v) is 3.73. The molecule has 1 aliphatic rings. The van der Waals surface area contributed by atoms with Crippen LogP contribution >= 0.6 is 0 Å². The Morgan fingerprint density at radius 3 is 2.25 bits per heavy atom. The molecule has 6 heteroatoms. The van der Waals surface area contributed by atoms with Crippen LogP contribution in [-0.4, -0.2) is 42.8 Å². The number of aliphatic carboxylic acids is 1. The Balaban J connectivity index is 1.73. The molecule has 0 aromatic heterocycles. The van der Waals surface area contributed by atoms with E-state index in [1.807, 2.05) is 0 Å². The summed E-state index contributed by atoms with van der Waals surface area (Å²) in [7, 11) is 1.38. The largest absolute Gasteiger partial charge is 0.484 e. The zero-order valence-electron chi connectivity index (χ0n) is 17.4. The molecule has 0 heterocycles. The Bertz CT molecular complexity index is 642. The molecule has 0 spiro atoms. The van der Waals surface area contributed by atoms with Gasteiger partial charge >= 0.3 is 5.97 Å². The first-order valence-electron chi connectivity index (χ1n) is 9.95. The average Bonchev–Trinajstić information content (AvgIpc) is 2.65. The van der Waals surface area contributed by atoms with E-state index in [1.165, 1.54) is 7.11 Å². The van der Waals surface area contributed by atoms with Gasteiger partial charge in [-0.15, -0.1) is 0 Å². The van der Waals surface area contributed by atoms with Crippen molar-refractivity contribution in [2.45, 2.75) is 65.0 Å². The van der Waals surface area contributed by atoms with Gasteiger partial charge in [-0.25, -0.2) is 4.79 Å². The fourth-order valence-electron chi connectivity index (χ4n) is 3.73. The second-order valence-corrected chi connectivity index (χ2v) is 8.68. The lowest BCUT2D eigenvalue weighted by atomic mass is 9.71. The standard InChI is InChI=1S/C22H33NO5/c1-22(2,3)16-7-9-17(10-8-16)23-20(24)14-28-18-11-5-15(6-12-18)13-19(27-4)21(25)26/h5-6,11-12,16-17,19H,7-10,13-14H2,1-4H3,(H,23,24)(H,25,26)/t16-,17+,19-/m0/s1. The lowest BCUT2D eigenvalue weighted by Gasteiger charge is -2.37. The summed E-state index contributed by atoms with van der Waals surface area (Å²) in [5.41, 5.74) is 1.17. The normalized spacial score (nSPS) is 21.0. The molecular weight excluding hydrogens is 358 g/mol. The van der Waals surface area contributed by atoms with Gasteiger partial charge in [-0.1, -0.05) is 32.9 Å². The summed E-state index contributed by atoms with van der Waals surface area (Å²) in [6.45, 7) is 6.83. The number of carboxylic acid groups (broad SMARTS) is 1. The number of carbonyl (C=O) groups is 2. The SMILES string of the molecule is CO[C@@H](Cc1ccc(OCC(=O)N[C@H]2CC[C@@H](C(C)(C)C)CC2)cc1)C(=O)O. The number of nitrogens with one attached hydrogen (secondary N) is 1. The van der Waals surface area contributed by atoms with Crippen molar-refractivity contribution in [1.29, 1.82) is 0 Å². The molecule has 0 unspecified atom stereocenters. The minimum Gasteiger partial charge on any atom is -0.484 e. The number of hydrogen-bond donors (Lipinski definition) is 2. The van der Waals surface area contributed by atoms with Crippen molar-refractivity contribution < 1.29 is 24.2 Å². The number of amides is 1. The molecule has 0 bridgehead atoms. The maximum absolute atomic E-state index is 12.2. The van der Waals surface area contributed by atoms with Gasteiger partial charge in [0.25, 0.3) is 5.91 Å². The lowest BCUT2D eigenvalue weighted by Crippen LogP contribution is -2.41. The topological polar surface area (TPSA) is 84.9 Å². The third kappa shape index (κ3) is 6.82. The highest BCUT2D eigenvalue weighted by Gasteiger charge is 2.30. The summed E-state index contributed by atoms with van der Waals surface area (Å²) in [6.07, 6.45) is 3.75. The predicted molar refractivity (Wildman–Crippen MR) is 107 cm³/mol. The van der Waals surface area contributed by atoms with E-state index in [2.05, 4.69) is 26.1 Å². The van der Waals surface area contributed by atoms with E-state index >= 15 is 0 Å². The molecule has 28 heavy (non-hydrogen) atoms. The molecule has 156 valence electrons. The van der Waals surface area contributed by atoms with Crippen molar-refractivity contribution >= 4 is 11.9 Å². The van der Waals surface area contributed by atoms with Crippen molar-refractivity contribution in [3.8, 4) is 5.75 Å². The summed E-state index contributed by atoms with van der Waals surface area (Å²) < 4.78 is 10.5. The van der Waals surface area contributed by atoms with Gasteiger partial charge in [-0.05, 0) is 54.7 Å². The highest BCUT2D eigenvalue weighted by Crippen LogP contribution is 2.37. The number of hydrogen-bond acceptors (Lipinski definition) is 4. The summed E-state index contributed by atoms with van der Waals surface area (Å²) in [6, 6.07) is 7.29. The number of rotatable bonds is 8. The summed E-state index contributed by atoms with van der Waals surface area (Å²) in [5.74, 6) is 0.207. The fraction of sp³-hybridized carbons (Fsp3) is 0.636.